The van der Waals surface area contributed by atoms with Gasteiger partial charge in [0.15, 0.2) is 0 Å². The van der Waals surface area contributed by atoms with Gasteiger partial charge in [-0.1, -0.05) is 66.7 Å². The number of aromatic nitrogens is 1. The zero-order chi connectivity index (χ0) is 19.6. The minimum atomic E-state index is 1.000. The number of halogens is 1. The molecule has 0 saturated heterocycles. The molecule has 5 rings (SSSR count). The molecule has 0 N–H and O–H groups in total. The van der Waals surface area contributed by atoms with E-state index >= 15 is 0 Å². The molecule has 4 aromatic carbocycles. The van der Waals surface area contributed by atoms with Gasteiger partial charge in [-0.3, -0.25) is 4.98 Å². The van der Waals surface area contributed by atoms with Gasteiger partial charge in [0.25, 0.3) is 0 Å². The molecular weight excluding hydrogens is 465 g/mol. The number of hydrogen-bond acceptors (Lipinski definition) is 1. The maximum atomic E-state index is 4.44. The summed E-state index contributed by atoms with van der Waals surface area (Å²) in [5.74, 6) is 0. The summed E-state index contributed by atoms with van der Waals surface area (Å²) < 4.78 is 1.25. The zero-order valence-electron chi connectivity index (χ0n) is 15.7. The molecule has 1 nitrogen and oxygen atoms in total. The average molecular weight is 483 g/mol. The molecule has 138 valence electrons. The molecule has 29 heavy (non-hydrogen) atoms. The third kappa shape index (κ3) is 3.81. The first-order chi connectivity index (χ1) is 14.3. The Bertz CT molecular complexity index is 1270. The van der Waals surface area contributed by atoms with Gasteiger partial charge in [-0.2, -0.15) is 0 Å². The smallest absolute Gasteiger partial charge is 0.0701 e. The summed E-state index contributed by atoms with van der Waals surface area (Å²) in [6.07, 6.45) is 1.83. The van der Waals surface area contributed by atoms with Crippen LogP contribution < -0.4 is 0 Å². The Morgan fingerprint density at radius 1 is 0.483 bits per heavy atom. The highest BCUT2D eigenvalue weighted by Gasteiger charge is 2.04. The van der Waals surface area contributed by atoms with Crippen molar-refractivity contribution in [3.63, 3.8) is 0 Å². The van der Waals surface area contributed by atoms with Gasteiger partial charge in [0.1, 0.15) is 0 Å². The number of hydrogen-bond donors (Lipinski definition) is 0. The van der Waals surface area contributed by atoms with Crippen molar-refractivity contribution < 1.29 is 0 Å². The molecule has 0 unspecified atom stereocenters. The molecule has 2 heteroatoms. The van der Waals surface area contributed by atoms with E-state index in [1.54, 1.807) is 0 Å². The first kappa shape index (κ1) is 18.1. The Morgan fingerprint density at radius 3 is 1.62 bits per heavy atom. The van der Waals surface area contributed by atoms with Gasteiger partial charge in [-0.05, 0) is 92.0 Å². The fourth-order valence-corrected chi connectivity index (χ4v) is 3.97. The van der Waals surface area contributed by atoms with Gasteiger partial charge in [0, 0.05) is 15.3 Å². The molecule has 1 heterocycles. The van der Waals surface area contributed by atoms with E-state index in [1.165, 1.54) is 36.6 Å². The molecule has 0 aliphatic rings. The van der Waals surface area contributed by atoms with Crippen LogP contribution in [-0.4, -0.2) is 4.98 Å². The van der Waals surface area contributed by atoms with Crippen molar-refractivity contribution in [2.45, 2.75) is 0 Å². The Morgan fingerprint density at radius 2 is 1.03 bits per heavy atom. The van der Waals surface area contributed by atoms with Crippen LogP contribution in [-0.2, 0) is 0 Å². The number of nitrogens with zero attached hydrogens (tertiary/aromatic N) is 1. The number of benzene rings is 4. The maximum Gasteiger partial charge on any atom is 0.0701 e. The van der Waals surface area contributed by atoms with E-state index in [2.05, 4.69) is 113 Å². The van der Waals surface area contributed by atoms with Crippen molar-refractivity contribution in [3.8, 4) is 33.5 Å². The summed E-state index contributed by atoms with van der Waals surface area (Å²) in [6.45, 7) is 0. The van der Waals surface area contributed by atoms with Crippen molar-refractivity contribution in [1.29, 1.82) is 0 Å². The Labute approximate surface area is 184 Å². The fourth-order valence-electron chi connectivity index (χ4n) is 3.62. The molecule has 0 fully saturated rings. The van der Waals surface area contributed by atoms with E-state index in [0.29, 0.717) is 0 Å². The second kappa shape index (κ2) is 7.80. The van der Waals surface area contributed by atoms with Crippen molar-refractivity contribution in [2.75, 3.05) is 0 Å². The van der Waals surface area contributed by atoms with E-state index < -0.39 is 0 Å². The van der Waals surface area contributed by atoms with Gasteiger partial charge in [-0.25, -0.2) is 0 Å². The molecule has 0 saturated carbocycles. The highest BCUT2D eigenvalue weighted by atomic mass is 127. The van der Waals surface area contributed by atoms with Crippen LogP contribution in [0.2, 0.25) is 0 Å². The second-order valence-electron chi connectivity index (χ2n) is 7.08. The van der Waals surface area contributed by atoms with E-state index in [0.717, 1.165) is 11.3 Å². The molecule has 0 amide bonds. The Kier molecular flexibility index (Phi) is 4.86. The molecule has 0 spiro atoms. The topological polar surface area (TPSA) is 12.9 Å². The largest absolute Gasteiger partial charge is 0.256 e. The molecular formula is C27H18IN. The van der Waals surface area contributed by atoms with Crippen LogP contribution >= 0.6 is 22.6 Å². The molecule has 0 atom stereocenters. The molecule has 0 bridgehead atoms. The van der Waals surface area contributed by atoms with Crippen molar-refractivity contribution in [2.24, 2.45) is 0 Å². The van der Waals surface area contributed by atoms with Gasteiger partial charge in [0.05, 0.1) is 5.69 Å². The first-order valence-electron chi connectivity index (χ1n) is 9.58. The number of pyridine rings is 1. The third-order valence-corrected chi connectivity index (χ3v) is 5.92. The molecule has 0 aliphatic heterocycles. The molecule has 0 radical (unpaired) electrons. The Hall–Kier alpha value is -2.98. The predicted molar refractivity (Wildman–Crippen MR) is 131 cm³/mol. The van der Waals surface area contributed by atoms with Crippen LogP contribution in [0.3, 0.4) is 0 Å². The summed E-state index contributed by atoms with van der Waals surface area (Å²) in [4.78, 5) is 4.44. The van der Waals surface area contributed by atoms with Gasteiger partial charge in [-0.15, -0.1) is 0 Å². The van der Waals surface area contributed by atoms with Crippen molar-refractivity contribution in [1.82, 2.24) is 4.98 Å². The summed E-state index contributed by atoms with van der Waals surface area (Å²) in [6, 6.07) is 36.7. The normalized spacial score (nSPS) is 10.9. The average Bonchev–Trinajstić information content (AvgIpc) is 2.79. The molecule has 5 aromatic rings. The standard InChI is InChI=1S/C27H18IN/c28-26-14-12-20(13-15-26)24-11-7-21-6-10-23(17-25(21)18-24)19-4-8-22(9-5-19)27-3-1-2-16-29-27/h1-18H. The first-order valence-corrected chi connectivity index (χ1v) is 10.7. The highest BCUT2D eigenvalue weighted by molar-refractivity contribution is 14.1. The minimum Gasteiger partial charge on any atom is -0.256 e. The SMILES string of the molecule is Ic1ccc(-c2ccc3ccc(-c4ccc(-c5ccccn5)cc4)cc3c2)cc1. The van der Waals surface area contributed by atoms with E-state index in [4.69, 9.17) is 0 Å². The highest BCUT2D eigenvalue weighted by Crippen LogP contribution is 2.30. The monoisotopic (exact) mass is 483 g/mol. The van der Waals surface area contributed by atoms with E-state index in [-0.39, 0.29) is 0 Å². The van der Waals surface area contributed by atoms with Crippen LogP contribution in [0.1, 0.15) is 0 Å². The summed E-state index contributed by atoms with van der Waals surface area (Å²) in [7, 11) is 0. The third-order valence-electron chi connectivity index (χ3n) is 5.20. The molecule has 1 aromatic heterocycles. The van der Waals surface area contributed by atoms with E-state index in [1.807, 2.05) is 24.4 Å². The summed E-state index contributed by atoms with van der Waals surface area (Å²) in [5.41, 5.74) is 7.07. The number of rotatable bonds is 3. The van der Waals surface area contributed by atoms with Crippen molar-refractivity contribution >= 4 is 33.4 Å². The van der Waals surface area contributed by atoms with Crippen LogP contribution in [0.4, 0.5) is 0 Å². The lowest BCUT2D eigenvalue weighted by atomic mass is 9.97. The van der Waals surface area contributed by atoms with Crippen LogP contribution in [0.5, 0.6) is 0 Å². The predicted octanol–water partition coefficient (Wildman–Crippen LogP) is 7.84. The van der Waals surface area contributed by atoms with Gasteiger partial charge >= 0.3 is 0 Å². The quantitative estimate of drug-likeness (QED) is 0.238. The van der Waals surface area contributed by atoms with Crippen LogP contribution in [0.25, 0.3) is 44.3 Å². The minimum absolute atomic E-state index is 1.000. The lowest BCUT2D eigenvalue weighted by Crippen LogP contribution is -1.84. The fraction of sp³-hybridized carbons (Fsp3) is 0. The Balaban J connectivity index is 1.51. The second-order valence-corrected chi connectivity index (χ2v) is 8.32. The van der Waals surface area contributed by atoms with Crippen LogP contribution in [0, 0.1) is 3.57 Å². The lowest BCUT2D eigenvalue weighted by Gasteiger charge is -2.08. The van der Waals surface area contributed by atoms with E-state index in [9.17, 15) is 0 Å². The summed E-state index contributed by atoms with van der Waals surface area (Å²) >= 11 is 2.34. The summed E-state index contributed by atoms with van der Waals surface area (Å²) in [5, 5.41) is 2.51. The van der Waals surface area contributed by atoms with Gasteiger partial charge < -0.3 is 0 Å². The van der Waals surface area contributed by atoms with Gasteiger partial charge in [0.2, 0.25) is 0 Å². The lowest BCUT2D eigenvalue weighted by molar-refractivity contribution is 1.33. The van der Waals surface area contributed by atoms with Crippen LogP contribution in [0.15, 0.2) is 109 Å². The zero-order valence-corrected chi connectivity index (χ0v) is 17.9. The maximum absolute atomic E-state index is 4.44. The molecule has 0 aliphatic carbocycles. The number of fused-ring (bicyclic) bond motifs is 1. The van der Waals surface area contributed by atoms with Crippen molar-refractivity contribution in [3.05, 3.63) is 113 Å².